The zero-order valence-corrected chi connectivity index (χ0v) is 8.92. The Morgan fingerprint density at radius 3 is 3.06 bits per heavy atom. The van der Waals surface area contributed by atoms with Crippen LogP contribution in [0.25, 0.3) is 11.1 Å². The Hall–Kier alpha value is -2.37. The lowest BCUT2D eigenvalue weighted by Crippen LogP contribution is -1.84. The van der Waals surface area contributed by atoms with Gasteiger partial charge in [0.15, 0.2) is 11.3 Å². The van der Waals surface area contributed by atoms with Crippen LogP contribution >= 0.6 is 0 Å². The molecule has 0 unspecified atom stereocenters. The van der Waals surface area contributed by atoms with E-state index in [0.29, 0.717) is 16.8 Å². The Morgan fingerprint density at radius 1 is 1.41 bits per heavy atom. The first-order valence-corrected chi connectivity index (χ1v) is 4.93. The molecule has 3 rings (SSSR count). The molecule has 0 N–H and O–H groups in total. The van der Waals surface area contributed by atoms with Gasteiger partial charge >= 0.3 is 6.08 Å². The Bertz CT molecular complexity index is 674. The zero-order valence-electron chi connectivity index (χ0n) is 8.92. The number of hydrogen-bond acceptors (Lipinski definition) is 4. The number of hydrogen-bond donors (Lipinski definition) is 0. The zero-order chi connectivity index (χ0) is 11.8. The number of halogens is 1. The summed E-state index contributed by atoms with van der Waals surface area (Å²) in [5.41, 5.74) is 0.897. The van der Waals surface area contributed by atoms with Gasteiger partial charge in [0.05, 0.1) is 12.4 Å². The quantitative estimate of drug-likeness (QED) is 0.682. The van der Waals surface area contributed by atoms with Gasteiger partial charge in [-0.1, -0.05) is 0 Å². The van der Waals surface area contributed by atoms with Crippen LogP contribution in [0.15, 0.2) is 35.0 Å². The largest absolute Gasteiger partial charge is 0.409 e. The predicted molar refractivity (Wildman–Crippen MR) is 57.2 cm³/mol. The molecule has 0 aliphatic carbocycles. The first-order chi connectivity index (χ1) is 8.20. The minimum atomic E-state index is -0.362. The van der Waals surface area contributed by atoms with Crippen LogP contribution in [-0.4, -0.2) is 14.8 Å². The minimum Gasteiger partial charge on any atom is -0.409 e. The van der Waals surface area contributed by atoms with Crippen LogP contribution in [0.3, 0.4) is 0 Å². The monoisotopic (exact) mass is 233 g/mol. The van der Waals surface area contributed by atoms with Crippen molar-refractivity contribution in [1.29, 1.82) is 0 Å². The molecule has 3 aromatic rings. The van der Waals surface area contributed by atoms with Crippen LogP contribution in [0.4, 0.5) is 4.39 Å². The molecule has 17 heavy (non-hydrogen) atoms. The lowest BCUT2D eigenvalue weighted by Gasteiger charge is -1.93. The fourth-order valence-corrected chi connectivity index (χ4v) is 1.48. The number of nitrogens with zero attached hydrogens (tertiary/aromatic N) is 3. The second-order valence-electron chi connectivity index (χ2n) is 3.54. The molecule has 0 amide bonds. The van der Waals surface area contributed by atoms with Crippen LogP contribution in [0.2, 0.25) is 0 Å². The van der Waals surface area contributed by atoms with Gasteiger partial charge in [-0.25, -0.2) is 4.39 Å². The van der Waals surface area contributed by atoms with Crippen molar-refractivity contribution >= 4 is 11.1 Å². The molecular weight excluding hydrogens is 225 g/mol. The van der Waals surface area contributed by atoms with Crippen molar-refractivity contribution in [3.05, 3.63) is 36.4 Å². The molecule has 0 bridgehead atoms. The average molecular weight is 233 g/mol. The van der Waals surface area contributed by atoms with Crippen LogP contribution < -0.4 is 4.74 Å². The second kappa shape index (κ2) is 3.58. The van der Waals surface area contributed by atoms with Gasteiger partial charge < -0.3 is 9.15 Å². The van der Waals surface area contributed by atoms with E-state index in [1.807, 2.05) is 0 Å². The fourth-order valence-electron chi connectivity index (χ4n) is 1.48. The molecule has 0 saturated heterocycles. The van der Waals surface area contributed by atoms with Crippen LogP contribution in [0, 0.1) is 5.82 Å². The Balaban J connectivity index is 1.95. The number of benzene rings is 1. The van der Waals surface area contributed by atoms with E-state index in [1.54, 1.807) is 17.9 Å². The number of oxazole rings is 1. The van der Waals surface area contributed by atoms with E-state index in [1.165, 1.54) is 24.4 Å². The van der Waals surface area contributed by atoms with Crippen LogP contribution in [0.1, 0.15) is 0 Å². The van der Waals surface area contributed by atoms with Crippen LogP contribution in [0.5, 0.6) is 11.8 Å². The van der Waals surface area contributed by atoms with E-state index in [9.17, 15) is 4.39 Å². The van der Waals surface area contributed by atoms with Gasteiger partial charge in [0.2, 0.25) is 0 Å². The van der Waals surface area contributed by atoms with E-state index < -0.39 is 0 Å². The Morgan fingerprint density at radius 2 is 2.29 bits per heavy atom. The molecule has 2 heterocycles. The molecule has 0 fully saturated rings. The summed E-state index contributed by atoms with van der Waals surface area (Å²) < 4.78 is 25.2. The highest BCUT2D eigenvalue weighted by atomic mass is 19.1. The van der Waals surface area contributed by atoms with Crippen molar-refractivity contribution < 1.29 is 13.5 Å². The van der Waals surface area contributed by atoms with Crippen molar-refractivity contribution in [2.45, 2.75) is 0 Å². The van der Waals surface area contributed by atoms with Crippen molar-refractivity contribution in [2.24, 2.45) is 7.05 Å². The summed E-state index contributed by atoms with van der Waals surface area (Å²) in [6, 6.07) is 4.10. The normalized spacial score (nSPS) is 10.9. The lowest BCUT2D eigenvalue weighted by molar-refractivity contribution is 0.343. The van der Waals surface area contributed by atoms with Crippen LogP contribution in [-0.2, 0) is 7.05 Å². The highest BCUT2D eigenvalue weighted by Gasteiger charge is 2.09. The molecule has 1 aromatic carbocycles. The number of aryl methyl sites for hydroxylation is 1. The number of ether oxygens (including phenoxy) is 1. The molecule has 0 aliphatic heterocycles. The molecule has 2 aromatic heterocycles. The van der Waals surface area contributed by atoms with E-state index in [-0.39, 0.29) is 11.9 Å². The maximum Gasteiger partial charge on any atom is 0.400 e. The van der Waals surface area contributed by atoms with Gasteiger partial charge in [-0.05, 0) is 12.1 Å². The maximum atomic E-state index is 12.9. The van der Waals surface area contributed by atoms with E-state index in [2.05, 4.69) is 10.1 Å². The fraction of sp³-hybridized carbons (Fsp3) is 0.0909. The highest BCUT2D eigenvalue weighted by Crippen LogP contribution is 2.25. The summed E-state index contributed by atoms with van der Waals surface area (Å²) in [6.45, 7) is 0. The third-order valence-corrected chi connectivity index (χ3v) is 2.22. The Labute approximate surface area is 95.4 Å². The van der Waals surface area contributed by atoms with Crippen molar-refractivity contribution in [3.63, 3.8) is 0 Å². The standard InChI is InChI=1S/C11H8FN3O2/c1-15-6-8(5-13-15)16-11-14-9-4-7(12)2-3-10(9)17-11/h2-6H,1H3. The molecule has 0 spiro atoms. The topological polar surface area (TPSA) is 53.1 Å². The van der Waals surface area contributed by atoms with Crippen molar-refractivity contribution in [2.75, 3.05) is 0 Å². The minimum absolute atomic E-state index is 0.0681. The van der Waals surface area contributed by atoms with E-state index >= 15 is 0 Å². The number of fused-ring (bicyclic) bond motifs is 1. The summed E-state index contributed by atoms with van der Waals surface area (Å²) in [5, 5.41) is 3.94. The average Bonchev–Trinajstić information content (AvgIpc) is 2.84. The SMILES string of the molecule is Cn1cc(Oc2nc3cc(F)ccc3o2)cn1. The molecule has 5 nitrogen and oxygen atoms in total. The van der Waals surface area contributed by atoms with Gasteiger partial charge in [0, 0.05) is 13.1 Å². The van der Waals surface area contributed by atoms with Gasteiger partial charge in [-0.3, -0.25) is 4.68 Å². The molecule has 0 atom stereocenters. The van der Waals surface area contributed by atoms with Gasteiger partial charge in [-0.15, -0.1) is 0 Å². The summed E-state index contributed by atoms with van der Waals surface area (Å²) in [6.07, 6.45) is 3.28. The number of aromatic nitrogens is 3. The first-order valence-electron chi connectivity index (χ1n) is 4.93. The molecule has 86 valence electrons. The predicted octanol–water partition coefficient (Wildman–Crippen LogP) is 2.49. The highest BCUT2D eigenvalue weighted by molar-refractivity contribution is 5.72. The van der Waals surface area contributed by atoms with Gasteiger partial charge in [0.25, 0.3) is 0 Å². The molecule has 0 aliphatic rings. The third kappa shape index (κ3) is 1.84. The molecule has 6 heteroatoms. The molecule has 0 radical (unpaired) electrons. The molecular formula is C11H8FN3O2. The molecule has 0 saturated carbocycles. The van der Waals surface area contributed by atoms with Crippen molar-refractivity contribution in [1.82, 2.24) is 14.8 Å². The van der Waals surface area contributed by atoms with E-state index in [0.717, 1.165) is 0 Å². The van der Waals surface area contributed by atoms with Gasteiger partial charge in [0.1, 0.15) is 11.3 Å². The maximum absolute atomic E-state index is 12.9. The van der Waals surface area contributed by atoms with Crippen molar-refractivity contribution in [3.8, 4) is 11.8 Å². The second-order valence-corrected chi connectivity index (χ2v) is 3.54. The summed E-state index contributed by atoms with van der Waals surface area (Å²) in [7, 11) is 1.77. The number of rotatable bonds is 2. The van der Waals surface area contributed by atoms with E-state index in [4.69, 9.17) is 9.15 Å². The Kier molecular flexibility index (Phi) is 2.07. The first kappa shape index (κ1) is 9.83. The summed E-state index contributed by atoms with van der Waals surface area (Å²) in [5.74, 6) is 0.151. The third-order valence-electron chi connectivity index (χ3n) is 2.22. The smallest absolute Gasteiger partial charge is 0.400 e. The summed E-state index contributed by atoms with van der Waals surface area (Å²) >= 11 is 0. The van der Waals surface area contributed by atoms with Gasteiger partial charge in [-0.2, -0.15) is 10.1 Å². The summed E-state index contributed by atoms with van der Waals surface area (Å²) in [4.78, 5) is 4.01. The lowest BCUT2D eigenvalue weighted by atomic mass is 10.3.